The van der Waals surface area contributed by atoms with Crippen molar-refractivity contribution in [3.05, 3.63) is 20.6 Å². The lowest BCUT2D eigenvalue weighted by Gasteiger charge is -2.15. The van der Waals surface area contributed by atoms with Crippen molar-refractivity contribution in [1.29, 1.82) is 0 Å². The molecule has 8 heteroatoms. The Bertz CT molecular complexity index is 529. The minimum Gasteiger partial charge on any atom is -0.506 e. The molecule has 1 atom stereocenters. The Morgan fingerprint density at radius 1 is 1.44 bits per heavy atom. The number of aromatic hydroxyl groups is 1. The van der Waals surface area contributed by atoms with Crippen LogP contribution in [0.5, 0.6) is 5.75 Å². The number of rotatable bonds is 2. The van der Waals surface area contributed by atoms with Gasteiger partial charge in [0.25, 0.3) is 10.1 Å². The molecular weight excluding hydrogens is 366 g/mol. The molecule has 0 heterocycles. The van der Waals surface area contributed by atoms with Gasteiger partial charge in [-0.15, -0.1) is 0 Å². The molecule has 16 heavy (non-hydrogen) atoms. The van der Waals surface area contributed by atoms with E-state index in [1.165, 1.54) is 13.0 Å². The quantitative estimate of drug-likeness (QED) is 0.419. The lowest BCUT2D eigenvalue weighted by Crippen LogP contribution is -2.11. The van der Waals surface area contributed by atoms with E-state index in [0.717, 1.165) is 0 Å². The van der Waals surface area contributed by atoms with Crippen molar-refractivity contribution in [3.63, 3.8) is 0 Å². The third-order valence-corrected chi connectivity index (χ3v) is 4.65. The standard InChI is InChI=1S/C8H9Br2NO4S/c1-3(16(13,14)15)6-5(11)2-4(9)8(12)7(6)10/h2-3,12H,11H2,1H3,(H,13,14,15). The highest BCUT2D eigenvalue weighted by Crippen LogP contribution is 2.42. The number of phenols is 1. The summed E-state index contributed by atoms with van der Waals surface area (Å²) in [6.07, 6.45) is 0. The number of hydrogen-bond acceptors (Lipinski definition) is 4. The van der Waals surface area contributed by atoms with Crippen LogP contribution in [0.2, 0.25) is 0 Å². The second-order valence-corrected chi connectivity index (χ2v) is 6.57. The van der Waals surface area contributed by atoms with Crippen LogP contribution in [-0.4, -0.2) is 18.1 Å². The Balaban J connectivity index is 3.52. The van der Waals surface area contributed by atoms with Gasteiger partial charge in [-0.25, -0.2) is 0 Å². The average Bonchev–Trinajstić information content (AvgIpc) is 2.13. The zero-order chi connectivity index (χ0) is 12.7. The number of nitrogen functional groups attached to an aromatic ring is 1. The normalized spacial score (nSPS) is 13.8. The highest BCUT2D eigenvalue weighted by atomic mass is 79.9. The summed E-state index contributed by atoms with van der Waals surface area (Å²) in [5.74, 6) is -0.167. The molecule has 0 saturated heterocycles. The molecule has 0 saturated carbocycles. The van der Waals surface area contributed by atoms with Crippen molar-refractivity contribution in [1.82, 2.24) is 0 Å². The molecule has 90 valence electrons. The molecule has 1 rings (SSSR count). The third kappa shape index (κ3) is 2.50. The minimum atomic E-state index is -4.27. The Labute approximate surface area is 110 Å². The van der Waals surface area contributed by atoms with Gasteiger partial charge in [-0.2, -0.15) is 8.42 Å². The average molecular weight is 375 g/mol. The van der Waals surface area contributed by atoms with Crippen LogP contribution in [0.25, 0.3) is 0 Å². The number of halogens is 2. The summed E-state index contributed by atoms with van der Waals surface area (Å²) in [6.45, 7) is 1.28. The molecule has 0 aliphatic carbocycles. The zero-order valence-electron chi connectivity index (χ0n) is 8.11. The SMILES string of the molecule is CC(c1c(N)cc(Br)c(O)c1Br)S(=O)(=O)O. The van der Waals surface area contributed by atoms with Gasteiger partial charge in [0.05, 0.1) is 8.95 Å². The second kappa shape index (κ2) is 4.52. The molecule has 4 N–H and O–H groups in total. The molecule has 0 radical (unpaired) electrons. The molecule has 0 spiro atoms. The molecule has 0 fully saturated rings. The number of phenolic OH excluding ortho intramolecular Hbond substituents is 1. The first-order valence-electron chi connectivity index (χ1n) is 4.09. The van der Waals surface area contributed by atoms with Gasteiger partial charge in [-0.05, 0) is 44.8 Å². The van der Waals surface area contributed by atoms with Crippen LogP contribution < -0.4 is 5.73 Å². The van der Waals surface area contributed by atoms with E-state index in [1.807, 2.05) is 0 Å². The second-order valence-electron chi connectivity index (χ2n) is 3.18. The maximum atomic E-state index is 11.0. The van der Waals surface area contributed by atoms with E-state index in [0.29, 0.717) is 4.47 Å². The Hall–Kier alpha value is -0.310. The summed E-state index contributed by atoms with van der Waals surface area (Å²) >= 11 is 6.10. The fraction of sp³-hybridized carbons (Fsp3) is 0.250. The van der Waals surface area contributed by atoms with E-state index in [9.17, 15) is 13.5 Å². The summed E-state index contributed by atoms with van der Waals surface area (Å²) in [4.78, 5) is 0. The summed E-state index contributed by atoms with van der Waals surface area (Å²) in [5.41, 5.74) is 5.92. The number of anilines is 1. The van der Waals surface area contributed by atoms with Gasteiger partial charge < -0.3 is 10.8 Å². The monoisotopic (exact) mass is 373 g/mol. The summed E-state index contributed by atoms with van der Waals surface area (Å²) in [7, 11) is -4.27. The zero-order valence-corrected chi connectivity index (χ0v) is 12.1. The van der Waals surface area contributed by atoms with Gasteiger partial charge in [0.2, 0.25) is 0 Å². The van der Waals surface area contributed by atoms with Crippen LogP contribution in [0.4, 0.5) is 5.69 Å². The van der Waals surface area contributed by atoms with Crippen LogP contribution in [0.3, 0.4) is 0 Å². The predicted octanol–water partition coefficient (Wildman–Crippen LogP) is 2.45. The van der Waals surface area contributed by atoms with Crippen LogP contribution in [0.1, 0.15) is 17.7 Å². The molecule has 1 unspecified atom stereocenters. The van der Waals surface area contributed by atoms with E-state index in [4.69, 9.17) is 10.3 Å². The van der Waals surface area contributed by atoms with Crippen molar-refractivity contribution < 1.29 is 18.1 Å². The Morgan fingerprint density at radius 3 is 2.38 bits per heavy atom. The lowest BCUT2D eigenvalue weighted by atomic mass is 10.1. The summed E-state index contributed by atoms with van der Waals surface area (Å²) in [5, 5.41) is 8.38. The summed E-state index contributed by atoms with van der Waals surface area (Å²) in [6, 6.07) is 1.37. The molecule has 0 aliphatic heterocycles. The predicted molar refractivity (Wildman–Crippen MR) is 67.9 cm³/mol. The first-order chi connectivity index (χ1) is 7.16. The van der Waals surface area contributed by atoms with Crippen molar-refractivity contribution in [3.8, 4) is 5.75 Å². The fourth-order valence-electron chi connectivity index (χ4n) is 1.20. The lowest BCUT2D eigenvalue weighted by molar-refractivity contribution is 0.464. The van der Waals surface area contributed by atoms with Crippen LogP contribution in [0, 0.1) is 0 Å². The van der Waals surface area contributed by atoms with Gasteiger partial charge in [-0.3, -0.25) is 4.55 Å². The maximum Gasteiger partial charge on any atom is 0.271 e. The molecule has 1 aromatic rings. The van der Waals surface area contributed by atoms with E-state index in [2.05, 4.69) is 31.9 Å². The van der Waals surface area contributed by atoms with Crippen molar-refractivity contribution in [2.24, 2.45) is 0 Å². The largest absolute Gasteiger partial charge is 0.506 e. The smallest absolute Gasteiger partial charge is 0.271 e. The molecule has 0 aliphatic rings. The van der Waals surface area contributed by atoms with Gasteiger partial charge in [0.1, 0.15) is 11.0 Å². The van der Waals surface area contributed by atoms with Gasteiger partial charge in [-0.1, -0.05) is 0 Å². The van der Waals surface area contributed by atoms with E-state index >= 15 is 0 Å². The molecule has 1 aromatic carbocycles. The minimum absolute atomic E-state index is 0.128. The van der Waals surface area contributed by atoms with Crippen LogP contribution in [-0.2, 0) is 10.1 Å². The van der Waals surface area contributed by atoms with Gasteiger partial charge >= 0.3 is 0 Å². The maximum absolute atomic E-state index is 11.0. The fourth-order valence-corrected chi connectivity index (χ4v) is 3.40. The highest BCUT2D eigenvalue weighted by molar-refractivity contribution is 9.11. The number of hydrogen-bond donors (Lipinski definition) is 3. The molecule has 0 amide bonds. The number of nitrogens with two attached hydrogens (primary N) is 1. The molecule has 5 nitrogen and oxygen atoms in total. The van der Waals surface area contributed by atoms with Gasteiger partial charge in [0.15, 0.2) is 0 Å². The van der Waals surface area contributed by atoms with Crippen molar-refractivity contribution in [2.75, 3.05) is 5.73 Å². The topological polar surface area (TPSA) is 101 Å². The third-order valence-electron chi connectivity index (χ3n) is 2.12. The van der Waals surface area contributed by atoms with Gasteiger partial charge in [0, 0.05) is 11.3 Å². The van der Waals surface area contributed by atoms with Crippen LogP contribution >= 0.6 is 31.9 Å². The Kier molecular flexibility index (Phi) is 3.88. The first kappa shape index (κ1) is 13.8. The van der Waals surface area contributed by atoms with Crippen molar-refractivity contribution in [2.45, 2.75) is 12.2 Å². The number of benzene rings is 1. The Morgan fingerprint density at radius 2 is 1.94 bits per heavy atom. The van der Waals surface area contributed by atoms with E-state index in [-0.39, 0.29) is 21.5 Å². The highest BCUT2D eigenvalue weighted by Gasteiger charge is 2.26. The van der Waals surface area contributed by atoms with E-state index < -0.39 is 15.4 Å². The molecule has 0 bridgehead atoms. The van der Waals surface area contributed by atoms with E-state index in [1.54, 1.807) is 0 Å². The van der Waals surface area contributed by atoms with Crippen molar-refractivity contribution >= 4 is 47.7 Å². The first-order valence-corrected chi connectivity index (χ1v) is 7.17. The molecular formula is C8H9Br2NO4S. The summed E-state index contributed by atoms with van der Waals surface area (Å²) < 4.78 is 31.5. The van der Waals surface area contributed by atoms with Crippen LogP contribution in [0.15, 0.2) is 15.0 Å². The molecule has 0 aromatic heterocycles.